The van der Waals surface area contributed by atoms with Gasteiger partial charge in [0.1, 0.15) is 5.75 Å². The maximum absolute atomic E-state index is 13.2. The molecule has 0 unspecified atom stereocenters. The van der Waals surface area contributed by atoms with Gasteiger partial charge < -0.3 is 4.74 Å². The Kier molecular flexibility index (Phi) is 6.45. The highest BCUT2D eigenvalue weighted by molar-refractivity contribution is 7.91. The lowest BCUT2D eigenvalue weighted by Crippen LogP contribution is -2.15. The van der Waals surface area contributed by atoms with Gasteiger partial charge in [-0.25, -0.2) is 8.42 Å². The van der Waals surface area contributed by atoms with E-state index in [9.17, 15) is 21.6 Å². The first-order valence-corrected chi connectivity index (χ1v) is 10.8. The smallest absolute Gasteiger partial charge is 0.417 e. The van der Waals surface area contributed by atoms with Gasteiger partial charge in [-0.15, -0.1) is 0 Å². The van der Waals surface area contributed by atoms with E-state index < -0.39 is 26.5 Å². The molecule has 0 saturated heterocycles. The lowest BCUT2D eigenvalue weighted by atomic mass is 10.0. The number of sulfone groups is 1. The van der Waals surface area contributed by atoms with Crippen molar-refractivity contribution in [3.05, 3.63) is 78.1 Å². The van der Waals surface area contributed by atoms with Gasteiger partial charge in [-0.1, -0.05) is 36.4 Å². The Balaban J connectivity index is 1.75. The molecular weight excluding hydrogens is 415 g/mol. The molecule has 0 bridgehead atoms. The van der Waals surface area contributed by atoms with E-state index in [1.165, 1.54) is 12.1 Å². The predicted octanol–water partition coefficient (Wildman–Crippen LogP) is 5.18. The van der Waals surface area contributed by atoms with Crippen molar-refractivity contribution in [2.24, 2.45) is 0 Å². The van der Waals surface area contributed by atoms with Crippen LogP contribution in [-0.2, 0) is 22.4 Å². The van der Waals surface area contributed by atoms with E-state index in [2.05, 4.69) is 4.98 Å². The number of benzene rings is 2. The zero-order chi connectivity index (χ0) is 21.8. The summed E-state index contributed by atoms with van der Waals surface area (Å²) in [6.07, 6.45) is -0.858. The predicted molar refractivity (Wildman–Crippen MR) is 108 cm³/mol. The molecule has 8 heteroatoms. The van der Waals surface area contributed by atoms with Crippen molar-refractivity contribution >= 4 is 9.84 Å². The third-order valence-electron chi connectivity index (χ3n) is 4.65. The molecule has 158 valence electrons. The summed E-state index contributed by atoms with van der Waals surface area (Å²) in [5.41, 5.74) is 1.49. The topological polar surface area (TPSA) is 56.3 Å². The molecule has 0 spiro atoms. The summed E-state index contributed by atoms with van der Waals surface area (Å²) >= 11 is 0. The van der Waals surface area contributed by atoms with Crippen LogP contribution in [0.3, 0.4) is 0 Å². The molecular formula is C22H20F3NO3S. The number of methoxy groups -OCH3 is 1. The van der Waals surface area contributed by atoms with Gasteiger partial charge in [0, 0.05) is 11.8 Å². The number of alkyl halides is 3. The summed E-state index contributed by atoms with van der Waals surface area (Å²) in [4.78, 5) is 3.35. The number of halogens is 3. The molecule has 0 aliphatic heterocycles. The van der Waals surface area contributed by atoms with Gasteiger partial charge in [0.05, 0.1) is 29.5 Å². The Hall–Kier alpha value is -2.87. The molecule has 3 aromatic rings. The van der Waals surface area contributed by atoms with Crippen LogP contribution in [0.5, 0.6) is 5.75 Å². The lowest BCUT2D eigenvalue weighted by molar-refractivity contribution is -0.139. The van der Waals surface area contributed by atoms with E-state index in [4.69, 9.17) is 4.74 Å². The van der Waals surface area contributed by atoms with Crippen molar-refractivity contribution in [2.75, 3.05) is 12.9 Å². The molecule has 0 N–H and O–H groups in total. The van der Waals surface area contributed by atoms with Gasteiger partial charge in [-0.3, -0.25) is 4.98 Å². The molecule has 3 rings (SSSR count). The minimum absolute atomic E-state index is 0.200. The van der Waals surface area contributed by atoms with Crippen LogP contribution in [0, 0.1) is 0 Å². The minimum Gasteiger partial charge on any atom is -0.494 e. The van der Waals surface area contributed by atoms with Gasteiger partial charge >= 0.3 is 6.18 Å². The monoisotopic (exact) mass is 435 g/mol. The highest BCUT2D eigenvalue weighted by atomic mass is 32.2. The number of hydrogen-bond donors (Lipinski definition) is 0. The molecule has 0 saturated carbocycles. The SMILES string of the molecule is COc1cnccc1-c1cccc(CCCS(=O)(=O)c2ccccc2C(F)(F)F)c1. The second-order valence-corrected chi connectivity index (χ2v) is 8.77. The Morgan fingerprint density at radius 3 is 2.53 bits per heavy atom. The number of ether oxygens (including phenoxy) is 1. The number of hydrogen-bond acceptors (Lipinski definition) is 4. The highest BCUT2D eigenvalue weighted by Crippen LogP contribution is 2.34. The maximum Gasteiger partial charge on any atom is 0.417 e. The van der Waals surface area contributed by atoms with Gasteiger partial charge in [0.2, 0.25) is 0 Å². The van der Waals surface area contributed by atoms with Crippen molar-refractivity contribution in [3.63, 3.8) is 0 Å². The fraction of sp³-hybridized carbons (Fsp3) is 0.227. The third-order valence-corrected chi connectivity index (χ3v) is 6.50. The van der Waals surface area contributed by atoms with Crippen molar-refractivity contribution in [3.8, 4) is 16.9 Å². The van der Waals surface area contributed by atoms with Gasteiger partial charge in [-0.2, -0.15) is 13.2 Å². The number of pyridine rings is 1. The average molecular weight is 435 g/mol. The van der Waals surface area contributed by atoms with Crippen LogP contribution in [0.2, 0.25) is 0 Å². The molecule has 0 atom stereocenters. The summed E-state index contributed by atoms with van der Waals surface area (Å²) in [5, 5.41) is 0. The molecule has 0 aliphatic rings. The molecule has 0 amide bonds. The number of rotatable bonds is 7. The van der Waals surface area contributed by atoms with Crippen LogP contribution in [0.4, 0.5) is 13.2 Å². The summed E-state index contributed by atoms with van der Waals surface area (Å²) in [6.45, 7) is 0. The first-order chi connectivity index (χ1) is 14.2. The highest BCUT2D eigenvalue weighted by Gasteiger charge is 2.36. The van der Waals surface area contributed by atoms with Crippen LogP contribution >= 0.6 is 0 Å². The largest absolute Gasteiger partial charge is 0.494 e. The Morgan fingerprint density at radius 1 is 1.03 bits per heavy atom. The van der Waals surface area contributed by atoms with E-state index in [-0.39, 0.29) is 12.2 Å². The molecule has 1 aromatic heterocycles. The molecule has 30 heavy (non-hydrogen) atoms. The second kappa shape index (κ2) is 8.87. The molecule has 0 fully saturated rings. The number of nitrogens with zero attached hydrogens (tertiary/aromatic N) is 1. The van der Waals surface area contributed by atoms with E-state index in [0.717, 1.165) is 28.8 Å². The lowest BCUT2D eigenvalue weighted by Gasteiger charge is -2.13. The van der Waals surface area contributed by atoms with E-state index >= 15 is 0 Å². The summed E-state index contributed by atoms with van der Waals surface area (Å²) in [5.74, 6) is 0.240. The summed E-state index contributed by atoms with van der Waals surface area (Å²) in [7, 11) is -2.52. The minimum atomic E-state index is -4.72. The Morgan fingerprint density at radius 2 is 1.80 bits per heavy atom. The van der Waals surface area contributed by atoms with E-state index in [1.807, 2.05) is 30.3 Å². The van der Waals surface area contributed by atoms with E-state index in [0.29, 0.717) is 12.2 Å². The first kappa shape index (κ1) is 21.8. The molecule has 0 aliphatic carbocycles. The van der Waals surface area contributed by atoms with Crippen LogP contribution in [-0.4, -0.2) is 26.3 Å². The van der Waals surface area contributed by atoms with Gasteiger partial charge in [-0.05, 0) is 42.2 Å². The quantitative estimate of drug-likeness (QED) is 0.513. The van der Waals surface area contributed by atoms with Crippen LogP contribution in [0.15, 0.2) is 71.9 Å². The van der Waals surface area contributed by atoms with Crippen molar-refractivity contribution in [1.29, 1.82) is 0 Å². The Labute approximate surface area is 173 Å². The maximum atomic E-state index is 13.2. The van der Waals surface area contributed by atoms with Gasteiger partial charge in [0.15, 0.2) is 9.84 Å². The molecule has 2 aromatic carbocycles. The fourth-order valence-corrected chi connectivity index (χ4v) is 4.77. The van der Waals surface area contributed by atoms with Crippen molar-refractivity contribution in [2.45, 2.75) is 23.9 Å². The third kappa shape index (κ3) is 4.99. The fourth-order valence-electron chi connectivity index (χ4n) is 3.22. The first-order valence-electron chi connectivity index (χ1n) is 9.18. The number of aryl methyl sites for hydroxylation is 1. The average Bonchev–Trinajstić information content (AvgIpc) is 2.73. The zero-order valence-corrected chi connectivity index (χ0v) is 17.0. The van der Waals surface area contributed by atoms with Crippen LogP contribution in [0.1, 0.15) is 17.5 Å². The standard InChI is InChI=1S/C22H20F3NO3S/c1-29-20-15-26-12-11-18(20)17-8-4-6-16(14-17)7-5-13-30(27,28)21-10-3-2-9-19(21)22(23,24)25/h2-4,6,8-12,14-15H,5,7,13H2,1H3. The summed E-state index contributed by atoms with van der Waals surface area (Å²) < 4.78 is 69.9. The molecule has 1 heterocycles. The second-order valence-electron chi connectivity index (χ2n) is 6.69. The van der Waals surface area contributed by atoms with Crippen molar-refractivity contribution in [1.82, 2.24) is 4.98 Å². The van der Waals surface area contributed by atoms with E-state index in [1.54, 1.807) is 19.5 Å². The van der Waals surface area contributed by atoms with Crippen LogP contribution in [0.25, 0.3) is 11.1 Å². The van der Waals surface area contributed by atoms with Crippen molar-refractivity contribution < 1.29 is 26.3 Å². The van der Waals surface area contributed by atoms with Crippen LogP contribution < -0.4 is 4.74 Å². The zero-order valence-electron chi connectivity index (χ0n) is 16.2. The molecule has 0 radical (unpaired) electrons. The Bertz CT molecular complexity index is 1130. The molecule has 4 nitrogen and oxygen atoms in total. The van der Waals surface area contributed by atoms with Gasteiger partial charge in [0.25, 0.3) is 0 Å². The normalized spacial score (nSPS) is 12.0. The summed E-state index contributed by atoms with van der Waals surface area (Å²) in [6, 6.07) is 13.6. The number of aromatic nitrogens is 1.